The molecule has 0 unspecified atom stereocenters. The van der Waals surface area contributed by atoms with Crippen molar-refractivity contribution in [3.8, 4) is 0 Å². The number of esters is 1. The van der Waals surface area contributed by atoms with Gasteiger partial charge in [0.25, 0.3) is 0 Å². The highest BCUT2D eigenvalue weighted by molar-refractivity contribution is 5.89. The van der Waals surface area contributed by atoms with Gasteiger partial charge >= 0.3 is 11.9 Å². The smallest absolute Gasteiger partial charge is 0.335 e. The highest BCUT2D eigenvalue weighted by atomic mass is 16.5. The van der Waals surface area contributed by atoms with Crippen LogP contribution in [0, 0.1) is 0 Å². The van der Waals surface area contributed by atoms with E-state index < -0.39 is 5.97 Å². The maximum absolute atomic E-state index is 12.0. The maximum Gasteiger partial charge on any atom is 0.335 e. The van der Waals surface area contributed by atoms with E-state index in [9.17, 15) is 9.59 Å². The van der Waals surface area contributed by atoms with Gasteiger partial charge in [-0.15, -0.1) is 0 Å². The summed E-state index contributed by atoms with van der Waals surface area (Å²) < 4.78 is 5.11. The summed E-state index contributed by atoms with van der Waals surface area (Å²) in [6, 6.07) is 6.39. The number of hydrogen-bond donors (Lipinski definition) is 1. The molecule has 1 atom stereocenters. The van der Waals surface area contributed by atoms with E-state index >= 15 is 0 Å². The number of carbonyl (C=O) groups is 2. The van der Waals surface area contributed by atoms with E-state index in [0.29, 0.717) is 6.61 Å². The monoisotopic (exact) mass is 277 g/mol. The largest absolute Gasteiger partial charge is 0.478 e. The molecule has 1 aliphatic heterocycles. The van der Waals surface area contributed by atoms with Gasteiger partial charge in [-0.2, -0.15) is 0 Å². The van der Waals surface area contributed by atoms with E-state index in [4.69, 9.17) is 9.84 Å². The second-order valence-electron chi connectivity index (χ2n) is 4.81. The second-order valence-corrected chi connectivity index (χ2v) is 4.81. The molecule has 0 bridgehead atoms. The zero-order valence-corrected chi connectivity index (χ0v) is 11.5. The van der Waals surface area contributed by atoms with Crippen LogP contribution in [0.15, 0.2) is 24.3 Å². The van der Waals surface area contributed by atoms with Crippen molar-refractivity contribution in [3.05, 3.63) is 29.8 Å². The van der Waals surface area contributed by atoms with E-state index in [2.05, 4.69) is 0 Å². The van der Waals surface area contributed by atoms with Crippen molar-refractivity contribution >= 4 is 17.6 Å². The number of piperidine rings is 1. The zero-order chi connectivity index (χ0) is 14.5. The number of aromatic carboxylic acids is 1. The number of rotatable bonds is 4. The number of carbonyl (C=O) groups excluding carboxylic acids is 1. The van der Waals surface area contributed by atoms with Crippen molar-refractivity contribution in [2.75, 3.05) is 18.1 Å². The number of nitrogens with zero attached hydrogens (tertiary/aromatic N) is 1. The molecule has 20 heavy (non-hydrogen) atoms. The summed E-state index contributed by atoms with van der Waals surface area (Å²) in [5.41, 5.74) is 0.998. The molecular weight excluding hydrogens is 258 g/mol. The molecule has 1 aliphatic rings. The molecule has 0 aliphatic carbocycles. The number of benzene rings is 1. The van der Waals surface area contributed by atoms with Gasteiger partial charge in [0.1, 0.15) is 6.04 Å². The summed E-state index contributed by atoms with van der Waals surface area (Å²) >= 11 is 0. The molecule has 1 aromatic rings. The van der Waals surface area contributed by atoms with Crippen molar-refractivity contribution in [1.82, 2.24) is 0 Å². The van der Waals surface area contributed by atoms with Crippen LogP contribution in [0.5, 0.6) is 0 Å². The first kappa shape index (κ1) is 14.4. The summed E-state index contributed by atoms with van der Waals surface area (Å²) in [5, 5.41) is 9.06. The highest BCUT2D eigenvalue weighted by Gasteiger charge is 2.30. The fourth-order valence-electron chi connectivity index (χ4n) is 2.54. The van der Waals surface area contributed by atoms with Crippen LogP contribution in [0.3, 0.4) is 0 Å². The van der Waals surface area contributed by atoms with Crippen LogP contribution < -0.4 is 4.90 Å². The van der Waals surface area contributed by atoms with E-state index in [-0.39, 0.29) is 17.6 Å². The molecule has 0 spiro atoms. The maximum atomic E-state index is 12.0. The Kier molecular flexibility index (Phi) is 4.61. The number of ether oxygens (including phenoxy) is 1. The van der Waals surface area contributed by atoms with Crippen LogP contribution in [0.25, 0.3) is 0 Å². The first-order valence-electron chi connectivity index (χ1n) is 6.90. The Bertz CT molecular complexity index is 500. The predicted octanol–water partition coefficient (Wildman–Crippen LogP) is 2.31. The van der Waals surface area contributed by atoms with E-state index in [1.165, 1.54) is 0 Å². The Morgan fingerprint density at radius 3 is 2.90 bits per heavy atom. The molecule has 0 radical (unpaired) electrons. The van der Waals surface area contributed by atoms with Crippen molar-refractivity contribution < 1.29 is 19.4 Å². The van der Waals surface area contributed by atoms with Gasteiger partial charge < -0.3 is 14.7 Å². The Labute approximate surface area is 118 Å². The average molecular weight is 277 g/mol. The van der Waals surface area contributed by atoms with Gasteiger partial charge in [-0.25, -0.2) is 9.59 Å². The van der Waals surface area contributed by atoms with Gasteiger partial charge in [-0.3, -0.25) is 0 Å². The Balaban J connectivity index is 2.25. The van der Waals surface area contributed by atoms with Gasteiger partial charge in [0.05, 0.1) is 12.2 Å². The molecule has 2 rings (SSSR count). The number of hydrogen-bond acceptors (Lipinski definition) is 4. The Morgan fingerprint density at radius 1 is 1.40 bits per heavy atom. The lowest BCUT2D eigenvalue weighted by molar-refractivity contribution is -0.145. The van der Waals surface area contributed by atoms with E-state index in [0.717, 1.165) is 31.5 Å². The van der Waals surface area contributed by atoms with Crippen molar-refractivity contribution in [2.45, 2.75) is 32.2 Å². The summed E-state index contributed by atoms with van der Waals surface area (Å²) in [6.45, 7) is 2.89. The van der Waals surface area contributed by atoms with Crippen molar-refractivity contribution in [2.24, 2.45) is 0 Å². The number of anilines is 1. The first-order valence-corrected chi connectivity index (χ1v) is 6.90. The summed E-state index contributed by atoms with van der Waals surface area (Å²) in [7, 11) is 0. The molecule has 0 amide bonds. The molecule has 5 heteroatoms. The van der Waals surface area contributed by atoms with Gasteiger partial charge in [0, 0.05) is 12.2 Å². The van der Waals surface area contributed by atoms with Crippen LogP contribution in [0.2, 0.25) is 0 Å². The van der Waals surface area contributed by atoms with E-state index in [1.54, 1.807) is 25.1 Å². The molecule has 1 fully saturated rings. The standard InChI is InChI=1S/C15H19NO4/c1-2-20-15(19)13-8-3-4-9-16(13)12-7-5-6-11(10-12)14(17)18/h5-7,10,13H,2-4,8-9H2,1H3,(H,17,18)/t13-/m1/s1. The normalized spacial score (nSPS) is 18.6. The molecule has 5 nitrogen and oxygen atoms in total. The SMILES string of the molecule is CCOC(=O)[C@H]1CCCCN1c1cccc(C(=O)O)c1. The molecule has 0 saturated carbocycles. The minimum absolute atomic E-state index is 0.229. The molecule has 1 saturated heterocycles. The molecule has 1 heterocycles. The molecule has 0 aromatic heterocycles. The number of carboxylic acid groups (broad SMARTS) is 1. The van der Waals surface area contributed by atoms with Crippen LogP contribution >= 0.6 is 0 Å². The minimum Gasteiger partial charge on any atom is -0.478 e. The van der Waals surface area contributed by atoms with Crippen LogP contribution in [0.4, 0.5) is 5.69 Å². The third-order valence-corrected chi connectivity index (χ3v) is 3.49. The first-order chi connectivity index (χ1) is 9.63. The van der Waals surface area contributed by atoms with Crippen LogP contribution in [-0.4, -0.2) is 36.2 Å². The summed E-state index contributed by atoms with van der Waals surface area (Å²) in [4.78, 5) is 25.0. The second kappa shape index (κ2) is 6.41. The van der Waals surface area contributed by atoms with Gasteiger partial charge in [-0.05, 0) is 44.4 Å². The average Bonchev–Trinajstić information content (AvgIpc) is 2.47. The van der Waals surface area contributed by atoms with Gasteiger partial charge in [0.15, 0.2) is 0 Å². The van der Waals surface area contributed by atoms with Gasteiger partial charge in [-0.1, -0.05) is 6.07 Å². The molecule has 1 N–H and O–H groups in total. The van der Waals surface area contributed by atoms with Gasteiger partial charge in [0.2, 0.25) is 0 Å². The van der Waals surface area contributed by atoms with Crippen molar-refractivity contribution in [3.63, 3.8) is 0 Å². The quantitative estimate of drug-likeness (QED) is 0.855. The minimum atomic E-state index is -0.962. The molecule has 1 aromatic carbocycles. The van der Waals surface area contributed by atoms with Crippen LogP contribution in [0.1, 0.15) is 36.5 Å². The third kappa shape index (κ3) is 3.10. The van der Waals surface area contributed by atoms with E-state index in [1.807, 2.05) is 11.0 Å². The van der Waals surface area contributed by atoms with Crippen LogP contribution in [-0.2, 0) is 9.53 Å². The Morgan fingerprint density at radius 2 is 2.20 bits per heavy atom. The molecular formula is C15H19NO4. The lowest BCUT2D eigenvalue weighted by atomic mass is 10.0. The highest BCUT2D eigenvalue weighted by Crippen LogP contribution is 2.26. The third-order valence-electron chi connectivity index (χ3n) is 3.49. The van der Waals surface area contributed by atoms with Crippen molar-refractivity contribution in [1.29, 1.82) is 0 Å². The fraction of sp³-hybridized carbons (Fsp3) is 0.467. The zero-order valence-electron chi connectivity index (χ0n) is 11.5. The lowest BCUT2D eigenvalue weighted by Gasteiger charge is -2.35. The molecule has 108 valence electrons. The predicted molar refractivity (Wildman–Crippen MR) is 75.0 cm³/mol. The lowest BCUT2D eigenvalue weighted by Crippen LogP contribution is -2.45. The Hall–Kier alpha value is -2.04. The number of carboxylic acids is 1. The fourth-order valence-corrected chi connectivity index (χ4v) is 2.54. The summed E-state index contributed by atoms with van der Waals surface area (Å²) in [5.74, 6) is -1.19. The summed E-state index contributed by atoms with van der Waals surface area (Å²) in [6.07, 6.45) is 2.72. The topological polar surface area (TPSA) is 66.8 Å².